The van der Waals surface area contributed by atoms with E-state index in [4.69, 9.17) is 11.6 Å². The molecule has 0 aromatic heterocycles. The van der Waals surface area contributed by atoms with E-state index in [1.54, 1.807) is 5.56 Å². The monoisotopic (exact) mass is 342 g/mol. The Kier molecular flexibility index (Phi) is 5.87. The molecule has 1 aromatic rings. The molecule has 0 nitrogen and oxygen atoms in total. The van der Waals surface area contributed by atoms with Crippen LogP contribution in [0.5, 0.6) is 0 Å². The average molecular weight is 343 g/mol. The second-order valence-electron chi connectivity index (χ2n) is 8.00. The van der Waals surface area contributed by atoms with Crippen molar-refractivity contribution in [2.75, 3.05) is 0 Å². The Bertz CT molecular complexity index is 617. The van der Waals surface area contributed by atoms with Gasteiger partial charge in [-0.3, -0.25) is 0 Å². The van der Waals surface area contributed by atoms with Crippen LogP contribution in [-0.4, -0.2) is 5.38 Å². The molecule has 0 amide bonds. The minimum Gasteiger partial charge on any atom is -0.118 e. The van der Waals surface area contributed by atoms with Gasteiger partial charge >= 0.3 is 0 Å². The quantitative estimate of drug-likeness (QED) is 0.514. The molecule has 1 saturated carbocycles. The third-order valence-corrected chi connectivity index (χ3v) is 6.79. The molecule has 2 unspecified atom stereocenters. The van der Waals surface area contributed by atoms with Crippen molar-refractivity contribution >= 4 is 11.6 Å². The van der Waals surface area contributed by atoms with Gasteiger partial charge in [0.25, 0.3) is 0 Å². The van der Waals surface area contributed by atoms with Gasteiger partial charge in [0.15, 0.2) is 0 Å². The molecule has 24 heavy (non-hydrogen) atoms. The third kappa shape index (κ3) is 4.14. The Labute approximate surface area is 153 Å². The van der Waals surface area contributed by atoms with Gasteiger partial charge in [-0.05, 0) is 67.1 Å². The average Bonchev–Trinajstić information content (AvgIpc) is 2.60. The first kappa shape index (κ1) is 17.8. The predicted octanol–water partition coefficient (Wildman–Crippen LogP) is 7.04. The van der Waals surface area contributed by atoms with Crippen molar-refractivity contribution in [1.29, 1.82) is 0 Å². The summed E-state index contributed by atoms with van der Waals surface area (Å²) in [5.41, 5.74) is 6.00. The SMILES string of the molecule is CC1=C(CCc2cccc(C3CCC(C)CC3)c2)C=CC(Cl)C1C. The molecule has 1 fully saturated rings. The third-order valence-electron chi connectivity index (χ3n) is 6.27. The molecule has 0 saturated heterocycles. The van der Waals surface area contributed by atoms with Crippen LogP contribution in [0, 0.1) is 11.8 Å². The molecule has 0 spiro atoms. The Morgan fingerprint density at radius 3 is 2.54 bits per heavy atom. The van der Waals surface area contributed by atoms with E-state index in [9.17, 15) is 0 Å². The standard InChI is InChI=1S/C23H31Cl/c1-16-7-10-21(11-8-16)22-6-4-5-19(15-22)9-12-20-13-14-23(24)18(3)17(20)2/h4-6,13-16,18,21,23H,7-12H2,1-3H3. The molecule has 2 aliphatic carbocycles. The van der Waals surface area contributed by atoms with Gasteiger partial charge < -0.3 is 0 Å². The van der Waals surface area contributed by atoms with Crippen molar-refractivity contribution in [3.8, 4) is 0 Å². The lowest BCUT2D eigenvalue weighted by molar-refractivity contribution is 0.348. The maximum atomic E-state index is 6.34. The summed E-state index contributed by atoms with van der Waals surface area (Å²) >= 11 is 6.34. The van der Waals surface area contributed by atoms with Gasteiger partial charge in [-0.1, -0.05) is 68.7 Å². The molecule has 0 bridgehead atoms. The molecule has 1 aromatic carbocycles. The van der Waals surface area contributed by atoms with Crippen molar-refractivity contribution in [3.05, 3.63) is 58.7 Å². The van der Waals surface area contributed by atoms with Crippen molar-refractivity contribution in [1.82, 2.24) is 0 Å². The summed E-state index contributed by atoms with van der Waals surface area (Å²) in [6, 6.07) is 9.37. The van der Waals surface area contributed by atoms with Crippen LogP contribution in [0.15, 0.2) is 47.6 Å². The smallest absolute Gasteiger partial charge is 0.0581 e. The summed E-state index contributed by atoms with van der Waals surface area (Å²) in [6.07, 6.45) is 12.2. The van der Waals surface area contributed by atoms with E-state index >= 15 is 0 Å². The summed E-state index contributed by atoms with van der Waals surface area (Å²) in [7, 11) is 0. The zero-order valence-corrected chi connectivity index (χ0v) is 16.2. The van der Waals surface area contributed by atoms with E-state index in [1.807, 2.05) is 0 Å². The molecule has 0 radical (unpaired) electrons. The van der Waals surface area contributed by atoms with Gasteiger partial charge in [0, 0.05) is 0 Å². The summed E-state index contributed by atoms with van der Waals surface area (Å²) in [4.78, 5) is 0. The minimum atomic E-state index is 0.158. The molecular weight excluding hydrogens is 312 g/mol. The number of hydrogen-bond acceptors (Lipinski definition) is 0. The topological polar surface area (TPSA) is 0 Å². The molecule has 0 N–H and O–H groups in total. The molecule has 0 aliphatic heterocycles. The highest BCUT2D eigenvalue weighted by molar-refractivity contribution is 6.22. The number of allylic oxidation sites excluding steroid dienone is 4. The molecule has 3 rings (SSSR count). The Morgan fingerprint density at radius 1 is 1.04 bits per heavy atom. The Morgan fingerprint density at radius 2 is 1.79 bits per heavy atom. The molecule has 130 valence electrons. The van der Waals surface area contributed by atoms with E-state index in [2.05, 4.69) is 57.2 Å². The molecular formula is C23H31Cl. The van der Waals surface area contributed by atoms with Crippen LogP contribution in [0.1, 0.15) is 69.9 Å². The minimum absolute atomic E-state index is 0.158. The van der Waals surface area contributed by atoms with E-state index in [0.717, 1.165) is 24.7 Å². The predicted molar refractivity (Wildman–Crippen MR) is 106 cm³/mol. The highest BCUT2D eigenvalue weighted by atomic mass is 35.5. The molecule has 2 atom stereocenters. The largest absolute Gasteiger partial charge is 0.118 e. The summed E-state index contributed by atoms with van der Waals surface area (Å²) in [5, 5.41) is 0.158. The van der Waals surface area contributed by atoms with Gasteiger partial charge in [0.2, 0.25) is 0 Å². The first-order valence-electron chi connectivity index (χ1n) is 9.65. The van der Waals surface area contributed by atoms with Crippen molar-refractivity contribution in [2.45, 2.75) is 70.6 Å². The number of rotatable bonds is 4. The lowest BCUT2D eigenvalue weighted by atomic mass is 9.79. The normalized spacial score (nSPS) is 30.7. The number of halogens is 1. The van der Waals surface area contributed by atoms with Crippen molar-refractivity contribution < 1.29 is 0 Å². The van der Waals surface area contributed by atoms with Crippen LogP contribution >= 0.6 is 11.6 Å². The zero-order valence-electron chi connectivity index (χ0n) is 15.4. The zero-order chi connectivity index (χ0) is 17.1. The van der Waals surface area contributed by atoms with Crippen LogP contribution < -0.4 is 0 Å². The van der Waals surface area contributed by atoms with E-state index < -0.39 is 0 Å². The van der Waals surface area contributed by atoms with E-state index in [-0.39, 0.29) is 5.38 Å². The number of benzene rings is 1. The maximum Gasteiger partial charge on any atom is 0.0581 e. The Hall–Kier alpha value is -1.01. The van der Waals surface area contributed by atoms with Crippen molar-refractivity contribution in [2.24, 2.45) is 11.8 Å². The fraction of sp³-hybridized carbons (Fsp3) is 0.565. The Balaban J connectivity index is 1.64. The lowest BCUT2D eigenvalue weighted by Crippen LogP contribution is -2.15. The number of alkyl halides is 1. The fourth-order valence-corrected chi connectivity index (χ4v) is 4.45. The van der Waals surface area contributed by atoms with Crippen LogP contribution in [-0.2, 0) is 6.42 Å². The second kappa shape index (κ2) is 7.91. The maximum absolute atomic E-state index is 6.34. The van der Waals surface area contributed by atoms with Gasteiger partial charge in [-0.2, -0.15) is 0 Å². The summed E-state index contributed by atoms with van der Waals surface area (Å²) < 4.78 is 0. The summed E-state index contributed by atoms with van der Waals surface area (Å²) in [6.45, 7) is 6.88. The van der Waals surface area contributed by atoms with Crippen LogP contribution in [0.2, 0.25) is 0 Å². The highest BCUT2D eigenvalue weighted by Gasteiger charge is 2.21. The van der Waals surface area contributed by atoms with Crippen LogP contribution in [0.3, 0.4) is 0 Å². The molecule has 0 heterocycles. The van der Waals surface area contributed by atoms with Gasteiger partial charge in [-0.15, -0.1) is 11.6 Å². The second-order valence-corrected chi connectivity index (χ2v) is 8.51. The molecule has 2 aliphatic rings. The highest BCUT2D eigenvalue weighted by Crippen LogP contribution is 2.36. The molecule has 1 heteroatoms. The van der Waals surface area contributed by atoms with Gasteiger partial charge in [0.1, 0.15) is 0 Å². The van der Waals surface area contributed by atoms with Gasteiger partial charge in [-0.25, -0.2) is 0 Å². The fourth-order valence-electron chi connectivity index (χ4n) is 4.19. The summed E-state index contributed by atoms with van der Waals surface area (Å²) in [5.74, 6) is 2.17. The first-order valence-corrected chi connectivity index (χ1v) is 10.1. The lowest BCUT2D eigenvalue weighted by Gasteiger charge is -2.27. The van der Waals surface area contributed by atoms with Gasteiger partial charge in [0.05, 0.1) is 5.38 Å². The van der Waals surface area contributed by atoms with Crippen molar-refractivity contribution in [3.63, 3.8) is 0 Å². The van der Waals surface area contributed by atoms with E-state index in [1.165, 1.54) is 42.4 Å². The number of aryl methyl sites for hydroxylation is 1. The van der Waals surface area contributed by atoms with E-state index in [0.29, 0.717) is 5.92 Å². The number of hydrogen-bond donors (Lipinski definition) is 0. The van der Waals surface area contributed by atoms with Crippen LogP contribution in [0.25, 0.3) is 0 Å². The van der Waals surface area contributed by atoms with Crippen LogP contribution in [0.4, 0.5) is 0 Å². The first-order chi connectivity index (χ1) is 11.5.